The molecule has 32 heavy (non-hydrogen) atoms. The summed E-state index contributed by atoms with van der Waals surface area (Å²) in [6.45, 7) is 3.14. The van der Waals surface area contributed by atoms with E-state index in [-0.39, 0.29) is 30.0 Å². The zero-order chi connectivity index (χ0) is 23.1. The molecule has 1 atom stereocenters. The topological polar surface area (TPSA) is 111 Å². The van der Waals surface area contributed by atoms with Gasteiger partial charge in [0.1, 0.15) is 5.75 Å². The number of nitrogens with one attached hydrogen (secondary N) is 2. The fourth-order valence-electron chi connectivity index (χ4n) is 3.10. The third-order valence-electron chi connectivity index (χ3n) is 4.83. The van der Waals surface area contributed by atoms with Crippen LogP contribution in [-0.4, -0.2) is 23.3 Å². The van der Waals surface area contributed by atoms with E-state index in [9.17, 15) is 19.7 Å². The molecule has 2 N–H and O–H groups in total. The maximum atomic E-state index is 12.8. The van der Waals surface area contributed by atoms with Crippen molar-refractivity contribution in [1.82, 2.24) is 5.32 Å². The SMILES string of the molecule is Cc1ccc(NC(=O)COc2ccccc2C(=O)NC(C)c2ccccc2)cc1[N+](=O)[O-]. The number of nitro groups is 1. The second kappa shape index (κ2) is 10.2. The number of aryl methyl sites for hydroxylation is 1. The molecule has 0 spiro atoms. The molecule has 3 aromatic rings. The number of para-hydroxylation sites is 1. The number of benzene rings is 3. The Hall–Kier alpha value is -4.20. The first-order valence-electron chi connectivity index (χ1n) is 9.97. The highest BCUT2D eigenvalue weighted by Crippen LogP contribution is 2.23. The van der Waals surface area contributed by atoms with Crippen LogP contribution in [0, 0.1) is 17.0 Å². The van der Waals surface area contributed by atoms with Gasteiger partial charge in [0.05, 0.1) is 16.5 Å². The predicted octanol–water partition coefficient (Wildman–Crippen LogP) is 4.41. The Kier molecular flexibility index (Phi) is 7.17. The van der Waals surface area contributed by atoms with Crippen LogP contribution in [0.2, 0.25) is 0 Å². The summed E-state index contributed by atoms with van der Waals surface area (Å²) < 4.78 is 5.57. The Bertz CT molecular complexity index is 1130. The summed E-state index contributed by atoms with van der Waals surface area (Å²) in [5.74, 6) is -0.571. The lowest BCUT2D eigenvalue weighted by atomic mass is 10.1. The van der Waals surface area contributed by atoms with Gasteiger partial charge in [-0.05, 0) is 37.6 Å². The summed E-state index contributed by atoms with van der Waals surface area (Å²) in [5.41, 5.74) is 1.96. The Morgan fingerprint density at radius 3 is 2.44 bits per heavy atom. The number of hydrogen-bond donors (Lipinski definition) is 2. The highest BCUT2D eigenvalue weighted by Gasteiger charge is 2.17. The molecule has 0 saturated carbocycles. The lowest BCUT2D eigenvalue weighted by Crippen LogP contribution is -2.27. The molecular formula is C24H23N3O5. The summed E-state index contributed by atoms with van der Waals surface area (Å²) in [5, 5.41) is 16.6. The largest absolute Gasteiger partial charge is 0.483 e. The third kappa shape index (κ3) is 5.69. The summed E-state index contributed by atoms with van der Waals surface area (Å²) in [4.78, 5) is 35.6. The van der Waals surface area contributed by atoms with Gasteiger partial charge < -0.3 is 15.4 Å². The highest BCUT2D eigenvalue weighted by molar-refractivity contribution is 5.97. The number of ether oxygens (including phenoxy) is 1. The van der Waals surface area contributed by atoms with E-state index in [4.69, 9.17) is 4.74 Å². The summed E-state index contributed by atoms with van der Waals surface area (Å²) >= 11 is 0. The molecule has 0 bridgehead atoms. The van der Waals surface area contributed by atoms with Crippen molar-refractivity contribution in [2.75, 3.05) is 11.9 Å². The van der Waals surface area contributed by atoms with E-state index in [0.717, 1.165) is 5.56 Å². The average molecular weight is 433 g/mol. The number of rotatable bonds is 8. The van der Waals surface area contributed by atoms with Crippen molar-refractivity contribution in [3.8, 4) is 5.75 Å². The third-order valence-corrected chi connectivity index (χ3v) is 4.83. The van der Waals surface area contributed by atoms with Crippen LogP contribution in [0.15, 0.2) is 72.8 Å². The Morgan fingerprint density at radius 1 is 1.03 bits per heavy atom. The summed E-state index contributed by atoms with van der Waals surface area (Å²) in [6, 6.07) is 20.4. The highest BCUT2D eigenvalue weighted by atomic mass is 16.6. The van der Waals surface area contributed by atoms with Crippen molar-refractivity contribution in [1.29, 1.82) is 0 Å². The molecule has 3 rings (SSSR count). The van der Waals surface area contributed by atoms with Gasteiger partial charge in [-0.25, -0.2) is 0 Å². The smallest absolute Gasteiger partial charge is 0.274 e. The standard InChI is InChI=1S/C24H23N3O5/c1-16-12-13-19(14-21(16)27(30)31)26-23(28)15-32-22-11-7-6-10-20(22)24(29)25-17(2)18-8-4-3-5-9-18/h3-14,17H,15H2,1-2H3,(H,25,29)(H,26,28). The monoisotopic (exact) mass is 433 g/mol. The first-order valence-corrected chi connectivity index (χ1v) is 9.97. The quantitative estimate of drug-likeness (QED) is 0.404. The van der Waals surface area contributed by atoms with E-state index in [1.165, 1.54) is 6.07 Å². The molecule has 0 saturated heterocycles. The minimum Gasteiger partial charge on any atom is -0.483 e. The Balaban J connectivity index is 1.63. The van der Waals surface area contributed by atoms with E-state index in [1.54, 1.807) is 43.3 Å². The van der Waals surface area contributed by atoms with Gasteiger partial charge in [-0.15, -0.1) is 0 Å². The Morgan fingerprint density at radius 2 is 1.72 bits per heavy atom. The van der Waals surface area contributed by atoms with Gasteiger partial charge in [-0.3, -0.25) is 19.7 Å². The molecule has 0 heterocycles. The first kappa shape index (κ1) is 22.5. The van der Waals surface area contributed by atoms with E-state index in [2.05, 4.69) is 10.6 Å². The maximum Gasteiger partial charge on any atom is 0.274 e. The lowest BCUT2D eigenvalue weighted by molar-refractivity contribution is -0.385. The van der Waals surface area contributed by atoms with Crippen molar-refractivity contribution in [3.05, 3.63) is 99.6 Å². The second-order valence-corrected chi connectivity index (χ2v) is 7.20. The molecule has 0 fully saturated rings. The van der Waals surface area contributed by atoms with Crippen molar-refractivity contribution in [2.24, 2.45) is 0 Å². The second-order valence-electron chi connectivity index (χ2n) is 7.20. The first-order chi connectivity index (χ1) is 15.3. The summed E-state index contributed by atoms with van der Waals surface area (Å²) in [7, 11) is 0. The van der Waals surface area contributed by atoms with E-state index in [1.807, 2.05) is 37.3 Å². The van der Waals surface area contributed by atoms with Crippen LogP contribution in [0.3, 0.4) is 0 Å². The normalized spacial score (nSPS) is 11.3. The molecule has 3 aromatic carbocycles. The molecular weight excluding hydrogens is 410 g/mol. The minimum absolute atomic E-state index is 0.0849. The van der Waals surface area contributed by atoms with Gasteiger partial charge in [0.2, 0.25) is 0 Å². The molecule has 164 valence electrons. The predicted molar refractivity (Wildman–Crippen MR) is 121 cm³/mol. The maximum absolute atomic E-state index is 12.8. The molecule has 8 nitrogen and oxygen atoms in total. The fraction of sp³-hybridized carbons (Fsp3) is 0.167. The number of nitro benzene ring substituents is 1. The number of amides is 2. The zero-order valence-corrected chi connectivity index (χ0v) is 17.7. The molecule has 0 aliphatic carbocycles. The van der Waals surface area contributed by atoms with Crippen molar-refractivity contribution >= 4 is 23.2 Å². The Labute approximate surface area is 185 Å². The minimum atomic E-state index is -0.507. The molecule has 0 radical (unpaired) electrons. The van der Waals surface area contributed by atoms with Crippen LogP contribution in [0.4, 0.5) is 11.4 Å². The van der Waals surface area contributed by atoms with E-state index < -0.39 is 10.8 Å². The van der Waals surface area contributed by atoms with Crippen LogP contribution in [0.25, 0.3) is 0 Å². The van der Waals surface area contributed by atoms with Crippen molar-refractivity contribution in [2.45, 2.75) is 19.9 Å². The number of anilines is 1. The number of carbonyl (C=O) groups is 2. The van der Waals surface area contributed by atoms with Gasteiger partial charge in [0.15, 0.2) is 6.61 Å². The number of hydrogen-bond acceptors (Lipinski definition) is 5. The van der Waals surface area contributed by atoms with Crippen LogP contribution in [0.1, 0.15) is 34.5 Å². The molecule has 0 aliphatic rings. The fourth-order valence-corrected chi connectivity index (χ4v) is 3.10. The zero-order valence-electron chi connectivity index (χ0n) is 17.7. The van der Waals surface area contributed by atoms with Gasteiger partial charge in [0.25, 0.3) is 17.5 Å². The van der Waals surface area contributed by atoms with Crippen molar-refractivity contribution < 1.29 is 19.2 Å². The molecule has 8 heteroatoms. The molecule has 0 aromatic heterocycles. The van der Waals surface area contributed by atoms with Crippen LogP contribution >= 0.6 is 0 Å². The van der Waals surface area contributed by atoms with Gasteiger partial charge in [-0.2, -0.15) is 0 Å². The number of nitrogens with zero attached hydrogens (tertiary/aromatic N) is 1. The van der Waals surface area contributed by atoms with Gasteiger partial charge in [-0.1, -0.05) is 48.5 Å². The van der Waals surface area contributed by atoms with Crippen molar-refractivity contribution in [3.63, 3.8) is 0 Å². The van der Waals surface area contributed by atoms with E-state index in [0.29, 0.717) is 16.8 Å². The lowest BCUT2D eigenvalue weighted by Gasteiger charge is -2.16. The summed E-state index contributed by atoms with van der Waals surface area (Å²) in [6.07, 6.45) is 0. The number of carbonyl (C=O) groups excluding carboxylic acids is 2. The average Bonchev–Trinajstić information content (AvgIpc) is 2.79. The van der Waals surface area contributed by atoms with Crippen LogP contribution in [-0.2, 0) is 4.79 Å². The van der Waals surface area contributed by atoms with Gasteiger partial charge in [0, 0.05) is 17.3 Å². The van der Waals surface area contributed by atoms with Crippen LogP contribution < -0.4 is 15.4 Å². The van der Waals surface area contributed by atoms with E-state index >= 15 is 0 Å². The van der Waals surface area contributed by atoms with Crippen LogP contribution in [0.5, 0.6) is 5.75 Å². The molecule has 2 amide bonds. The molecule has 0 aliphatic heterocycles. The molecule has 1 unspecified atom stereocenters. The van der Waals surface area contributed by atoms with Gasteiger partial charge >= 0.3 is 0 Å².